The van der Waals surface area contributed by atoms with Crippen molar-refractivity contribution >= 4 is 28.8 Å². The van der Waals surface area contributed by atoms with Gasteiger partial charge < -0.3 is 9.84 Å². The molecule has 3 rings (SSSR count). The number of hydrogen-bond donors (Lipinski definition) is 1. The number of aromatic nitrogens is 1. The molecule has 0 aliphatic carbocycles. The third-order valence-electron chi connectivity index (χ3n) is 3.08. The van der Waals surface area contributed by atoms with E-state index >= 15 is 0 Å². The highest BCUT2D eigenvalue weighted by atomic mass is 35.5. The lowest BCUT2D eigenvalue weighted by molar-refractivity contribution is 0.0954. The Morgan fingerprint density at radius 2 is 2.09 bits per heavy atom. The molecule has 1 N–H and O–H groups in total. The van der Waals surface area contributed by atoms with Gasteiger partial charge >= 0.3 is 0 Å². The van der Waals surface area contributed by atoms with Gasteiger partial charge in [-0.1, -0.05) is 16.8 Å². The van der Waals surface area contributed by atoms with Gasteiger partial charge in [-0.15, -0.1) is 11.3 Å². The first-order chi connectivity index (χ1) is 11.2. The fraction of sp³-hybridized carbons (Fsp3) is 0.0625. The maximum absolute atomic E-state index is 11.9. The molecule has 0 aliphatic rings. The second-order valence-electron chi connectivity index (χ2n) is 4.66. The molecular weight excluding hydrogens is 334 g/mol. The molecule has 1 aromatic carbocycles. The van der Waals surface area contributed by atoms with Gasteiger partial charge in [0.25, 0.3) is 5.91 Å². The number of carbonyl (C=O) groups is 1. The summed E-state index contributed by atoms with van der Waals surface area (Å²) in [6, 6.07) is 14.2. The second-order valence-corrected chi connectivity index (χ2v) is 6.37. The number of hydrogen-bond acceptors (Lipinski definition) is 5. The van der Waals surface area contributed by atoms with E-state index in [0.29, 0.717) is 26.2 Å². The van der Waals surface area contributed by atoms with Crippen LogP contribution in [0.1, 0.15) is 20.9 Å². The number of benzene rings is 1. The zero-order chi connectivity index (χ0) is 16.2. The van der Waals surface area contributed by atoms with Crippen molar-refractivity contribution in [3.8, 4) is 17.4 Å². The Balaban J connectivity index is 1.65. The van der Waals surface area contributed by atoms with Crippen LogP contribution in [0.4, 0.5) is 0 Å². The Labute approximate surface area is 141 Å². The quantitative estimate of drug-likeness (QED) is 0.780. The zero-order valence-corrected chi connectivity index (χ0v) is 13.3. The summed E-state index contributed by atoms with van der Waals surface area (Å²) in [7, 11) is 0. The Bertz CT molecular complexity index is 877. The first kappa shape index (κ1) is 15.3. The summed E-state index contributed by atoms with van der Waals surface area (Å²) in [5.41, 5.74) is 2.01. The average Bonchev–Trinajstić information content (AvgIpc) is 3.22. The van der Waals surface area contributed by atoms with Crippen LogP contribution in [0.5, 0.6) is 0 Å². The van der Waals surface area contributed by atoms with Crippen molar-refractivity contribution in [1.29, 1.82) is 5.26 Å². The Morgan fingerprint density at radius 1 is 1.30 bits per heavy atom. The molecule has 0 atom stereocenters. The van der Waals surface area contributed by atoms with Gasteiger partial charge in [0, 0.05) is 11.6 Å². The SMILES string of the molecule is N#Cc1ccc(-c2cc(CNC(=O)c3ccc(Cl)s3)no2)cc1. The molecule has 0 fully saturated rings. The van der Waals surface area contributed by atoms with Gasteiger partial charge in [-0.2, -0.15) is 5.26 Å². The molecule has 2 heterocycles. The van der Waals surface area contributed by atoms with Crippen molar-refractivity contribution in [2.75, 3.05) is 0 Å². The van der Waals surface area contributed by atoms with Gasteiger partial charge in [-0.25, -0.2) is 0 Å². The van der Waals surface area contributed by atoms with Crippen molar-refractivity contribution in [2.45, 2.75) is 6.54 Å². The minimum Gasteiger partial charge on any atom is -0.356 e. The molecule has 3 aromatic rings. The normalized spacial score (nSPS) is 10.3. The molecule has 0 unspecified atom stereocenters. The minimum absolute atomic E-state index is 0.204. The molecule has 2 aromatic heterocycles. The van der Waals surface area contributed by atoms with Gasteiger partial charge in [-0.05, 0) is 36.4 Å². The lowest BCUT2D eigenvalue weighted by Gasteiger charge is -1.99. The number of nitriles is 1. The summed E-state index contributed by atoms with van der Waals surface area (Å²) in [5.74, 6) is 0.378. The third-order valence-corrected chi connectivity index (χ3v) is 4.31. The maximum atomic E-state index is 11.9. The van der Waals surface area contributed by atoms with E-state index in [4.69, 9.17) is 21.4 Å². The summed E-state index contributed by atoms with van der Waals surface area (Å²) in [6.45, 7) is 0.258. The first-order valence-corrected chi connectivity index (χ1v) is 7.85. The fourth-order valence-electron chi connectivity index (χ4n) is 1.93. The Hall–Kier alpha value is -2.62. The van der Waals surface area contributed by atoms with Crippen molar-refractivity contribution < 1.29 is 9.32 Å². The zero-order valence-electron chi connectivity index (χ0n) is 11.7. The molecule has 0 aliphatic heterocycles. The number of rotatable bonds is 4. The average molecular weight is 344 g/mol. The number of nitrogens with zero attached hydrogens (tertiary/aromatic N) is 2. The molecule has 5 nitrogen and oxygen atoms in total. The molecule has 7 heteroatoms. The van der Waals surface area contributed by atoms with E-state index in [1.165, 1.54) is 11.3 Å². The number of nitrogens with one attached hydrogen (secondary N) is 1. The molecular formula is C16H10ClN3O2S. The van der Waals surface area contributed by atoms with Crippen molar-refractivity contribution in [1.82, 2.24) is 10.5 Å². The van der Waals surface area contributed by atoms with Crippen molar-refractivity contribution in [3.63, 3.8) is 0 Å². The van der Waals surface area contributed by atoms with E-state index in [1.54, 1.807) is 42.5 Å². The second kappa shape index (κ2) is 6.65. The summed E-state index contributed by atoms with van der Waals surface area (Å²) in [4.78, 5) is 12.5. The topological polar surface area (TPSA) is 78.9 Å². The van der Waals surface area contributed by atoms with Crippen LogP contribution in [0.3, 0.4) is 0 Å². The van der Waals surface area contributed by atoms with Crippen LogP contribution in [-0.4, -0.2) is 11.1 Å². The predicted molar refractivity (Wildman–Crippen MR) is 87.2 cm³/mol. The van der Waals surface area contributed by atoms with E-state index in [1.807, 2.05) is 0 Å². The van der Waals surface area contributed by atoms with Gasteiger partial charge in [0.1, 0.15) is 5.69 Å². The van der Waals surface area contributed by atoms with E-state index in [-0.39, 0.29) is 12.5 Å². The van der Waals surface area contributed by atoms with Crippen molar-refractivity contribution in [2.24, 2.45) is 0 Å². The highest BCUT2D eigenvalue weighted by Gasteiger charge is 2.11. The van der Waals surface area contributed by atoms with Crippen LogP contribution in [-0.2, 0) is 6.54 Å². The molecule has 0 spiro atoms. The van der Waals surface area contributed by atoms with Crippen LogP contribution in [0.25, 0.3) is 11.3 Å². The van der Waals surface area contributed by atoms with Gasteiger partial charge in [-0.3, -0.25) is 4.79 Å². The van der Waals surface area contributed by atoms with Gasteiger partial charge in [0.15, 0.2) is 5.76 Å². The largest absolute Gasteiger partial charge is 0.356 e. The van der Waals surface area contributed by atoms with Crippen LogP contribution in [0.2, 0.25) is 4.34 Å². The van der Waals surface area contributed by atoms with Gasteiger partial charge in [0.2, 0.25) is 0 Å². The molecule has 1 amide bonds. The number of carbonyl (C=O) groups excluding carboxylic acids is 1. The minimum atomic E-state index is -0.204. The Kier molecular flexibility index (Phi) is 4.42. The number of thiophene rings is 1. The summed E-state index contributed by atoms with van der Waals surface area (Å²) >= 11 is 7.03. The molecule has 23 heavy (non-hydrogen) atoms. The summed E-state index contributed by atoms with van der Waals surface area (Å²) < 4.78 is 5.83. The predicted octanol–water partition coefficient (Wildman–Crippen LogP) is 3.86. The molecule has 0 bridgehead atoms. The van der Waals surface area contributed by atoms with E-state index < -0.39 is 0 Å². The number of halogens is 1. The van der Waals surface area contributed by atoms with Crippen LogP contribution < -0.4 is 5.32 Å². The highest BCUT2D eigenvalue weighted by molar-refractivity contribution is 7.17. The smallest absolute Gasteiger partial charge is 0.261 e. The standard InChI is InChI=1S/C16H10ClN3O2S/c17-15-6-5-14(23-15)16(21)19-9-12-7-13(22-20-12)11-3-1-10(8-18)2-4-11/h1-7H,9H2,(H,19,21). The Morgan fingerprint density at radius 3 is 2.74 bits per heavy atom. The van der Waals surface area contributed by atoms with Crippen LogP contribution in [0.15, 0.2) is 47.0 Å². The lowest BCUT2D eigenvalue weighted by atomic mass is 10.1. The monoisotopic (exact) mass is 343 g/mol. The van der Waals surface area contributed by atoms with Crippen LogP contribution in [0, 0.1) is 11.3 Å². The van der Waals surface area contributed by atoms with E-state index in [0.717, 1.165) is 5.56 Å². The molecule has 0 saturated heterocycles. The molecule has 0 saturated carbocycles. The lowest BCUT2D eigenvalue weighted by Crippen LogP contribution is -2.21. The highest BCUT2D eigenvalue weighted by Crippen LogP contribution is 2.22. The summed E-state index contributed by atoms with van der Waals surface area (Å²) in [5, 5.41) is 15.5. The fourth-order valence-corrected chi connectivity index (χ4v) is 2.89. The van der Waals surface area contributed by atoms with Crippen molar-refractivity contribution in [3.05, 3.63) is 62.9 Å². The molecule has 114 valence electrons. The van der Waals surface area contributed by atoms with E-state index in [2.05, 4.69) is 16.5 Å². The molecule has 0 radical (unpaired) electrons. The summed E-state index contributed by atoms with van der Waals surface area (Å²) in [6.07, 6.45) is 0. The van der Waals surface area contributed by atoms with Gasteiger partial charge in [0.05, 0.1) is 27.4 Å². The first-order valence-electron chi connectivity index (χ1n) is 6.65. The van der Waals surface area contributed by atoms with E-state index in [9.17, 15) is 4.79 Å². The third kappa shape index (κ3) is 3.59. The maximum Gasteiger partial charge on any atom is 0.261 e. The number of amides is 1. The van der Waals surface area contributed by atoms with Crippen LogP contribution >= 0.6 is 22.9 Å².